The highest BCUT2D eigenvalue weighted by molar-refractivity contribution is 6.33. The average molecular weight is 481 g/mol. The minimum atomic E-state index is -1.06. The minimum absolute atomic E-state index is 0.0305. The summed E-state index contributed by atoms with van der Waals surface area (Å²) < 4.78 is 10.8. The van der Waals surface area contributed by atoms with Crippen LogP contribution in [0.4, 0.5) is 11.4 Å². The summed E-state index contributed by atoms with van der Waals surface area (Å²) >= 11 is 6.17. The van der Waals surface area contributed by atoms with Gasteiger partial charge in [-0.05, 0) is 25.1 Å². The Bertz CT molecular complexity index is 1530. The van der Waals surface area contributed by atoms with E-state index in [1.54, 1.807) is 24.3 Å². The van der Waals surface area contributed by atoms with Crippen LogP contribution in [-0.4, -0.2) is 15.8 Å². The maximum Gasteiger partial charge on any atom is 0.344 e. The van der Waals surface area contributed by atoms with Gasteiger partial charge in [-0.3, -0.25) is 25.0 Å². The molecule has 4 aromatic rings. The lowest BCUT2D eigenvalue weighted by Gasteiger charge is -2.08. The molecule has 34 heavy (non-hydrogen) atoms. The van der Waals surface area contributed by atoms with Gasteiger partial charge in [0, 0.05) is 28.8 Å². The first-order valence-electron chi connectivity index (χ1n) is 9.63. The molecule has 0 aliphatic carbocycles. The molecule has 0 N–H and O–H groups in total. The van der Waals surface area contributed by atoms with Crippen LogP contribution in [-0.2, 0) is 0 Å². The second-order valence-electron chi connectivity index (χ2n) is 7.16. The van der Waals surface area contributed by atoms with E-state index in [2.05, 4.69) is 0 Å². The van der Waals surface area contributed by atoms with Crippen LogP contribution in [0.15, 0.2) is 70.1 Å². The van der Waals surface area contributed by atoms with E-state index in [1.165, 1.54) is 31.4 Å². The molecule has 170 valence electrons. The van der Waals surface area contributed by atoms with Crippen molar-refractivity contribution in [2.45, 2.75) is 6.92 Å². The summed E-state index contributed by atoms with van der Waals surface area (Å²) in [7, 11) is 0. The Kier molecular flexibility index (Phi) is 5.82. The van der Waals surface area contributed by atoms with Crippen molar-refractivity contribution in [2.24, 2.45) is 0 Å². The molecule has 11 heteroatoms. The Hall–Kier alpha value is -4.57. The predicted octanol–water partition coefficient (Wildman–Crippen LogP) is 5.46. The third-order valence-corrected chi connectivity index (χ3v) is 5.43. The maximum absolute atomic E-state index is 12.9. The predicted molar refractivity (Wildman–Crippen MR) is 122 cm³/mol. The van der Waals surface area contributed by atoms with E-state index in [9.17, 15) is 29.8 Å². The van der Waals surface area contributed by atoms with Gasteiger partial charge in [-0.15, -0.1) is 0 Å². The first-order chi connectivity index (χ1) is 16.2. The second kappa shape index (κ2) is 8.75. The van der Waals surface area contributed by atoms with Crippen LogP contribution in [0.1, 0.15) is 15.9 Å². The van der Waals surface area contributed by atoms with Gasteiger partial charge in [0.25, 0.3) is 11.4 Å². The number of rotatable bonds is 5. The zero-order valence-electron chi connectivity index (χ0n) is 17.3. The summed E-state index contributed by atoms with van der Waals surface area (Å²) in [5.41, 5.74) is -1.22. The highest BCUT2D eigenvalue weighted by Gasteiger charge is 2.26. The monoisotopic (exact) mass is 480 g/mol. The van der Waals surface area contributed by atoms with Crippen molar-refractivity contribution in [3.63, 3.8) is 0 Å². The zero-order chi connectivity index (χ0) is 24.6. The molecule has 0 radical (unpaired) electrons. The smallest absolute Gasteiger partial charge is 0.344 e. The van der Waals surface area contributed by atoms with Crippen molar-refractivity contribution in [1.82, 2.24) is 0 Å². The number of hydrogen-bond donors (Lipinski definition) is 0. The Morgan fingerprint density at radius 3 is 2.24 bits per heavy atom. The van der Waals surface area contributed by atoms with E-state index in [1.807, 2.05) is 0 Å². The van der Waals surface area contributed by atoms with Gasteiger partial charge in [-0.1, -0.05) is 29.8 Å². The van der Waals surface area contributed by atoms with Crippen LogP contribution in [0.2, 0.25) is 5.02 Å². The fourth-order valence-corrected chi connectivity index (χ4v) is 3.62. The fourth-order valence-electron chi connectivity index (χ4n) is 3.38. The van der Waals surface area contributed by atoms with E-state index in [0.717, 1.165) is 12.1 Å². The standard InChI is InChI=1S/C23H13ClN2O8/c1-12-19(25(29)30)8-13(9-20(12)26(31)32)23(28)34-14-6-7-16-21(10-14)33-11-17(22(16)27)15-4-2-3-5-18(15)24/h2-11H,1H3. The van der Waals surface area contributed by atoms with Crippen LogP contribution in [0.5, 0.6) is 5.75 Å². The molecule has 0 aliphatic rings. The van der Waals surface area contributed by atoms with E-state index in [4.69, 9.17) is 20.8 Å². The number of halogens is 1. The van der Waals surface area contributed by atoms with Gasteiger partial charge in [0.05, 0.1) is 26.4 Å². The largest absolute Gasteiger partial charge is 0.463 e. The molecule has 4 rings (SSSR count). The van der Waals surface area contributed by atoms with Crippen molar-refractivity contribution in [3.05, 3.63) is 107 Å². The molecule has 0 saturated heterocycles. The third-order valence-electron chi connectivity index (χ3n) is 5.10. The van der Waals surface area contributed by atoms with Crippen LogP contribution < -0.4 is 10.2 Å². The van der Waals surface area contributed by atoms with Gasteiger partial charge in [0.2, 0.25) is 5.43 Å². The summed E-state index contributed by atoms with van der Waals surface area (Å²) in [6, 6.07) is 12.6. The Balaban J connectivity index is 1.69. The molecule has 1 heterocycles. The highest BCUT2D eigenvalue weighted by Crippen LogP contribution is 2.31. The molecule has 0 spiro atoms. The summed E-state index contributed by atoms with van der Waals surface area (Å²) in [6.45, 7) is 1.22. The third kappa shape index (κ3) is 4.09. The minimum Gasteiger partial charge on any atom is -0.463 e. The lowest BCUT2D eigenvalue weighted by molar-refractivity contribution is -0.395. The molecule has 3 aromatic carbocycles. The van der Waals surface area contributed by atoms with Gasteiger partial charge < -0.3 is 9.15 Å². The van der Waals surface area contributed by atoms with Gasteiger partial charge in [0.1, 0.15) is 23.2 Å². The average Bonchev–Trinajstić information content (AvgIpc) is 2.79. The van der Waals surface area contributed by atoms with Gasteiger partial charge in [0.15, 0.2) is 0 Å². The summed E-state index contributed by atoms with van der Waals surface area (Å²) in [5.74, 6) is -1.09. The maximum atomic E-state index is 12.9. The van der Waals surface area contributed by atoms with Crippen molar-refractivity contribution in [1.29, 1.82) is 0 Å². The summed E-state index contributed by atoms with van der Waals surface area (Å²) in [6.07, 6.45) is 1.24. The van der Waals surface area contributed by atoms with Crippen molar-refractivity contribution < 1.29 is 23.8 Å². The molecule has 0 amide bonds. The lowest BCUT2D eigenvalue weighted by atomic mass is 10.1. The number of nitro groups is 2. The molecule has 0 atom stereocenters. The van der Waals surface area contributed by atoms with E-state index < -0.39 is 27.2 Å². The number of esters is 1. The molecule has 1 aromatic heterocycles. The number of nitrogens with zero attached hydrogens (tertiary/aromatic N) is 2. The number of ether oxygens (including phenoxy) is 1. The molecular weight excluding hydrogens is 468 g/mol. The molecule has 0 fully saturated rings. The Labute approximate surface area is 195 Å². The van der Waals surface area contributed by atoms with Crippen LogP contribution in [0, 0.1) is 27.2 Å². The topological polar surface area (TPSA) is 143 Å². The van der Waals surface area contributed by atoms with Gasteiger partial charge >= 0.3 is 5.97 Å². The second-order valence-corrected chi connectivity index (χ2v) is 7.57. The molecule has 0 aliphatic heterocycles. The van der Waals surface area contributed by atoms with Crippen LogP contribution >= 0.6 is 11.6 Å². The van der Waals surface area contributed by atoms with Crippen molar-refractivity contribution in [2.75, 3.05) is 0 Å². The van der Waals surface area contributed by atoms with E-state index >= 15 is 0 Å². The Morgan fingerprint density at radius 1 is 0.971 bits per heavy atom. The quantitative estimate of drug-likeness (QED) is 0.158. The first-order valence-corrected chi connectivity index (χ1v) is 10.0. The number of carbonyl (C=O) groups is 1. The lowest BCUT2D eigenvalue weighted by Crippen LogP contribution is -2.11. The fraction of sp³-hybridized carbons (Fsp3) is 0.0435. The normalized spacial score (nSPS) is 10.8. The van der Waals surface area contributed by atoms with Crippen LogP contribution in [0.25, 0.3) is 22.1 Å². The number of hydrogen-bond acceptors (Lipinski definition) is 8. The number of fused-ring (bicyclic) bond motifs is 1. The number of nitro benzene ring substituents is 2. The molecule has 0 saturated carbocycles. The van der Waals surface area contributed by atoms with Gasteiger partial charge in [-0.25, -0.2) is 4.79 Å². The van der Waals surface area contributed by atoms with Crippen molar-refractivity contribution >= 4 is 39.9 Å². The highest BCUT2D eigenvalue weighted by atomic mass is 35.5. The van der Waals surface area contributed by atoms with Crippen LogP contribution in [0.3, 0.4) is 0 Å². The van der Waals surface area contributed by atoms with Gasteiger partial charge in [-0.2, -0.15) is 0 Å². The van der Waals surface area contributed by atoms with Crippen molar-refractivity contribution in [3.8, 4) is 16.9 Å². The summed E-state index contributed by atoms with van der Waals surface area (Å²) in [5, 5.41) is 23.1. The zero-order valence-corrected chi connectivity index (χ0v) is 18.1. The first kappa shape index (κ1) is 22.6. The van der Waals surface area contributed by atoms with E-state index in [0.29, 0.717) is 10.6 Å². The van der Waals surface area contributed by atoms with E-state index in [-0.39, 0.29) is 38.8 Å². The number of benzene rings is 3. The summed E-state index contributed by atoms with van der Waals surface area (Å²) in [4.78, 5) is 46.3. The Morgan fingerprint density at radius 2 is 1.62 bits per heavy atom. The molecule has 0 bridgehead atoms. The molecule has 10 nitrogen and oxygen atoms in total. The molecule has 0 unspecified atom stereocenters. The molecular formula is C23H13ClN2O8. The SMILES string of the molecule is Cc1c([N+](=O)[O-])cc(C(=O)Oc2ccc3c(=O)c(-c4ccccc4Cl)coc3c2)cc1[N+](=O)[O-]. The number of carbonyl (C=O) groups excluding carboxylic acids is 1.